The van der Waals surface area contributed by atoms with E-state index in [4.69, 9.17) is 0 Å². The molecular weight excluding hydrogens is 335 g/mol. The number of hydrogen-bond acceptors (Lipinski definition) is 4. The highest BCUT2D eigenvalue weighted by Crippen LogP contribution is 2.40. The number of phenols is 1. The number of thiophene rings is 1. The van der Waals surface area contributed by atoms with E-state index in [1.54, 1.807) is 29.5 Å². The fourth-order valence-corrected chi connectivity index (χ4v) is 3.94. The van der Waals surface area contributed by atoms with E-state index >= 15 is 0 Å². The van der Waals surface area contributed by atoms with Crippen LogP contribution >= 0.6 is 11.3 Å². The number of likely N-dealkylation sites (N-methyl/N-ethyl adjacent to an activating group) is 1. The van der Waals surface area contributed by atoms with Crippen molar-refractivity contribution in [2.24, 2.45) is 0 Å². The molecule has 0 unspecified atom stereocenters. The van der Waals surface area contributed by atoms with E-state index < -0.39 is 0 Å². The van der Waals surface area contributed by atoms with E-state index in [9.17, 15) is 9.50 Å². The molecule has 0 saturated carbocycles. The van der Waals surface area contributed by atoms with Crippen molar-refractivity contribution in [1.29, 1.82) is 0 Å². The molecule has 0 aliphatic carbocycles. The van der Waals surface area contributed by atoms with Gasteiger partial charge < -0.3 is 10.4 Å². The molecule has 2 aromatic carbocycles. The minimum atomic E-state index is -0.255. The molecule has 0 amide bonds. The zero-order chi connectivity index (χ0) is 17.4. The number of nitrogens with zero attached hydrogens (tertiary/aromatic N) is 1. The highest BCUT2D eigenvalue weighted by molar-refractivity contribution is 7.17. The average molecular weight is 352 g/mol. The van der Waals surface area contributed by atoms with Gasteiger partial charge in [-0.15, -0.1) is 11.3 Å². The molecule has 2 N–H and O–H groups in total. The summed E-state index contributed by atoms with van der Waals surface area (Å²) in [7, 11) is 1.85. The van der Waals surface area contributed by atoms with Crippen LogP contribution in [-0.4, -0.2) is 23.7 Å². The van der Waals surface area contributed by atoms with Crippen LogP contribution in [0.5, 0.6) is 5.75 Å². The van der Waals surface area contributed by atoms with Crippen LogP contribution in [0.15, 0.2) is 48.0 Å². The number of aromatic nitrogens is 1. The molecule has 0 saturated heterocycles. The van der Waals surface area contributed by atoms with Gasteiger partial charge >= 0.3 is 0 Å². The predicted molar refractivity (Wildman–Crippen MR) is 102 cm³/mol. The Balaban J connectivity index is 1.95. The molecular formula is C20H17FN2OS. The van der Waals surface area contributed by atoms with E-state index in [-0.39, 0.29) is 11.6 Å². The summed E-state index contributed by atoms with van der Waals surface area (Å²) >= 11 is 1.60. The molecule has 0 radical (unpaired) electrons. The van der Waals surface area contributed by atoms with Gasteiger partial charge in [0.25, 0.3) is 0 Å². The van der Waals surface area contributed by atoms with Crippen LogP contribution in [0.4, 0.5) is 4.39 Å². The summed E-state index contributed by atoms with van der Waals surface area (Å²) in [6.45, 7) is 0.717. The third-order valence-electron chi connectivity index (χ3n) is 4.43. The van der Waals surface area contributed by atoms with Gasteiger partial charge in [0.1, 0.15) is 11.6 Å². The average Bonchev–Trinajstić information content (AvgIpc) is 3.09. The standard InChI is InChI=1S/C20H17FN2OS/c1-22-8-6-12-2-3-13(10-15(12)21)19-17(24)5-4-16-20(19)14-7-9-25-18(14)11-23-16/h2-5,7,9-11,22,24H,6,8H2,1H3. The summed E-state index contributed by atoms with van der Waals surface area (Å²) in [6, 6.07) is 10.6. The largest absolute Gasteiger partial charge is 0.507 e. The molecule has 5 heteroatoms. The second-order valence-electron chi connectivity index (χ2n) is 5.97. The van der Waals surface area contributed by atoms with Crippen molar-refractivity contribution in [2.45, 2.75) is 6.42 Å². The summed E-state index contributed by atoms with van der Waals surface area (Å²) in [5, 5.41) is 17.4. The normalized spacial score (nSPS) is 11.4. The van der Waals surface area contributed by atoms with Crippen LogP contribution in [0.25, 0.3) is 32.1 Å². The summed E-state index contributed by atoms with van der Waals surface area (Å²) < 4.78 is 15.6. The topological polar surface area (TPSA) is 45.1 Å². The van der Waals surface area contributed by atoms with Crippen molar-refractivity contribution in [3.05, 3.63) is 59.4 Å². The number of phenolic OH excluding ortho intramolecular Hbond substituents is 1. The van der Waals surface area contributed by atoms with Gasteiger partial charge in [0.05, 0.1) is 10.2 Å². The third-order valence-corrected chi connectivity index (χ3v) is 5.28. The van der Waals surface area contributed by atoms with E-state index in [0.29, 0.717) is 23.1 Å². The second kappa shape index (κ2) is 6.43. The molecule has 4 aromatic rings. The maximum atomic E-state index is 14.5. The fourth-order valence-electron chi connectivity index (χ4n) is 3.17. The van der Waals surface area contributed by atoms with Gasteiger partial charge in [-0.1, -0.05) is 12.1 Å². The molecule has 0 aliphatic rings. The van der Waals surface area contributed by atoms with Crippen molar-refractivity contribution >= 4 is 32.3 Å². The number of halogens is 1. The molecule has 126 valence electrons. The first-order chi connectivity index (χ1) is 12.2. The number of nitrogens with one attached hydrogen (secondary N) is 1. The minimum absolute atomic E-state index is 0.135. The smallest absolute Gasteiger partial charge is 0.127 e. The maximum absolute atomic E-state index is 14.5. The van der Waals surface area contributed by atoms with E-state index in [2.05, 4.69) is 10.3 Å². The molecule has 0 bridgehead atoms. The summed E-state index contributed by atoms with van der Waals surface area (Å²) in [6.07, 6.45) is 2.46. The summed E-state index contributed by atoms with van der Waals surface area (Å²) in [5.74, 6) is -0.120. The van der Waals surface area contributed by atoms with Gasteiger partial charge in [0.2, 0.25) is 0 Å². The Labute approximate surface area is 148 Å². The first-order valence-corrected chi connectivity index (χ1v) is 8.98. The van der Waals surface area contributed by atoms with Crippen LogP contribution in [0.3, 0.4) is 0 Å². The Morgan fingerprint density at radius 2 is 2.08 bits per heavy atom. The number of hydrogen-bond donors (Lipinski definition) is 2. The lowest BCUT2D eigenvalue weighted by atomic mass is 9.96. The number of rotatable bonds is 4. The maximum Gasteiger partial charge on any atom is 0.127 e. The highest BCUT2D eigenvalue weighted by atomic mass is 32.1. The van der Waals surface area contributed by atoms with Gasteiger partial charge in [-0.2, -0.15) is 0 Å². The fraction of sp³-hybridized carbons (Fsp3) is 0.150. The number of fused-ring (bicyclic) bond motifs is 3. The van der Waals surface area contributed by atoms with Crippen LogP contribution in [0.2, 0.25) is 0 Å². The molecule has 0 atom stereocenters. The second-order valence-corrected chi connectivity index (χ2v) is 6.92. The predicted octanol–water partition coefficient (Wildman–Crippen LogP) is 4.72. The van der Waals surface area contributed by atoms with E-state index in [0.717, 1.165) is 27.5 Å². The Morgan fingerprint density at radius 1 is 1.20 bits per heavy atom. The molecule has 25 heavy (non-hydrogen) atoms. The molecule has 4 rings (SSSR count). The lowest BCUT2D eigenvalue weighted by molar-refractivity contribution is 0.478. The molecule has 0 aliphatic heterocycles. The van der Waals surface area contributed by atoms with E-state index in [1.807, 2.05) is 30.8 Å². The minimum Gasteiger partial charge on any atom is -0.507 e. The number of pyridine rings is 1. The Bertz CT molecular complexity index is 1070. The molecule has 0 spiro atoms. The Hall–Kier alpha value is -2.50. The SMILES string of the molecule is CNCCc1ccc(-c2c(O)ccc3ncc4sccc4c23)cc1F. The summed E-state index contributed by atoms with van der Waals surface area (Å²) in [4.78, 5) is 4.49. The monoisotopic (exact) mass is 352 g/mol. The molecule has 2 heterocycles. The van der Waals surface area contributed by atoms with Crippen molar-refractivity contribution in [3.8, 4) is 16.9 Å². The van der Waals surface area contributed by atoms with Crippen LogP contribution < -0.4 is 5.32 Å². The summed E-state index contributed by atoms with van der Waals surface area (Å²) in [5.41, 5.74) is 2.75. The van der Waals surface area contributed by atoms with Gasteiger partial charge in [0, 0.05) is 22.5 Å². The highest BCUT2D eigenvalue weighted by Gasteiger charge is 2.15. The first kappa shape index (κ1) is 16.0. The van der Waals surface area contributed by atoms with Gasteiger partial charge in [-0.05, 0) is 60.8 Å². The number of aromatic hydroxyl groups is 1. The molecule has 2 aromatic heterocycles. The van der Waals surface area contributed by atoms with Gasteiger partial charge in [0.15, 0.2) is 0 Å². The van der Waals surface area contributed by atoms with Crippen molar-refractivity contribution in [2.75, 3.05) is 13.6 Å². The van der Waals surface area contributed by atoms with Gasteiger partial charge in [-0.25, -0.2) is 4.39 Å². The lowest BCUT2D eigenvalue weighted by Crippen LogP contribution is -2.11. The van der Waals surface area contributed by atoms with E-state index in [1.165, 1.54) is 6.07 Å². The zero-order valence-electron chi connectivity index (χ0n) is 13.7. The van der Waals surface area contributed by atoms with Crippen molar-refractivity contribution < 1.29 is 9.50 Å². The van der Waals surface area contributed by atoms with Crippen molar-refractivity contribution in [3.63, 3.8) is 0 Å². The quantitative estimate of drug-likeness (QED) is 0.558. The number of benzene rings is 2. The van der Waals surface area contributed by atoms with Crippen LogP contribution in [0.1, 0.15) is 5.56 Å². The Kier molecular flexibility index (Phi) is 4.11. The molecule has 0 fully saturated rings. The Morgan fingerprint density at radius 3 is 2.88 bits per heavy atom. The van der Waals surface area contributed by atoms with Crippen LogP contribution in [-0.2, 0) is 6.42 Å². The van der Waals surface area contributed by atoms with Crippen LogP contribution in [0, 0.1) is 5.82 Å². The van der Waals surface area contributed by atoms with Crippen molar-refractivity contribution in [1.82, 2.24) is 10.3 Å². The van der Waals surface area contributed by atoms with Gasteiger partial charge in [-0.3, -0.25) is 4.98 Å². The third kappa shape index (κ3) is 2.75. The lowest BCUT2D eigenvalue weighted by Gasteiger charge is -2.12. The molecule has 3 nitrogen and oxygen atoms in total. The first-order valence-electron chi connectivity index (χ1n) is 8.10. The zero-order valence-corrected chi connectivity index (χ0v) is 14.5.